The zero-order valence-corrected chi connectivity index (χ0v) is 12.5. The summed E-state index contributed by atoms with van der Waals surface area (Å²) in [7, 11) is 0. The Hall–Kier alpha value is -3.21. The Labute approximate surface area is 132 Å². The molecule has 0 saturated carbocycles. The molecule has 4 N–H and O–H groups in total. The normalized spacial score (nSPS) is 11.2. The minimum atomic E-state index is 0.0317. The average Bonchev–Trinajstić information content (AvgIpc) is 3.10. The summed E-state index contributed by atoms with van der Waals surface area (Å²) < 4.78 is 0. The van der Waals surface area contributed by atoms with Crippen LogP contribution in [0.4, 0.5) is 0 Å². The molecule has 0 spiro atoms. The molecule has 0 aliphatic heterocycles. The van der Waals surface area contributed by atoms with Crippen molar-refractivity contribution in [3.63, 3.8) is 0 Å². The Balaban J connectivity index is 1.99. The van der Waals surface area contributed by atoms with E-state index in [0.717, 1.165) is 27.9 Å². The number of hydrogen-bond acceptors (Lipinski definition) is 3. The highest BCUT2D eigenvalue weighted by atomic mass is 16.3. The first-order valence-corrected chi connectivity index (χ1v) is 7.29. The number of aromatic hydroxyl groups is 2. The zero-order valence-electron chi connectivity index (χ0n) is 12.5. The summed E-state index contributed by atoms with van der Waals surface area (Å²) in [5, 5.41) is 27.9. The number of benzene rings is 2. The van der Waals surface area contributed by atoms with Crippen LogP contribution < -0.4 is 0 Å². The van der Waals surface area contributed by atoms with Gasteiger partial charge >= 0.3 is 0 Å². The van der Waals surface area contributed by atoms with Gasteiger partial charge in [-0.1, -0.05) is 42.0 Å². The molecule has 4 rings (SSSR count). The molecule has 4 aromatic rings. The number of nitrogens with one attached hydrogen (secondary N) is 2. The minimum absolute atomic E-state index is 0.0317. The summed E-state index contributed by atoms with van der Waals surface area (Å²) in [6.45, 7) is 2.03. The van der Waals surface area contributed by atoms with Crippen molar-refractivity contribution in [2.75, 3.05) is 0 Å². The first-order chi connectivity index (χ1) is 11.1. The van der Waals surface area contributed by atoms with Gasteiger partial charge in [0.1, 0.15) is 17.0 Å². The highest BCUT2D eigenvalue weighted by molar-refractivity contribution is 6.05. The number of rotatable bonds is 2. The number of aryl methyl sites for hydroxylation is 1. The molecule has 2 aromatic carbocycles. The van der Waals surface area contributed by atoms with Gasteiger partial charge in [0.2, 0.25) is 5.88 Å². The molecule has 0 fully saturated rings. The van der Waals surface area contributed by atoms with Crippen molar-refractivity contribution in [1.29, 1.82) is 0 Å². The number of H-pyrrole nitrogens is 2. The van der Waals surface area contributed by atoms with Crippen LogP contribution in [-0.4, -0.2) is 25.4 Å². The summed E-state index contributed by atoms with van der Waals surface area (Å²) >= 11 is 0. The molecular weight excluding hydrogens is 290 g/mol. The molecule has 0 aliphatic carbocycles. The molecule has 5 nitrogen and oxygen atoms in total. The second kappa shape index (κ2) is 4.91. The largest absolute Gasteiger partial charge is 0.508 e. The molecular formula is C18H15N3O2. The van der Waals surface area contributed by atoms with Crippen LogP contribution in [0.3, 0.4) is 0 Å². The molecule has 2 aromatic heterocycles. The van der Waals surface area contributed by atoms with Gasteiger partial charge in [-0.05, 0) is 19.1 Å². The third-order valence-electron chi connectivity index (χ3n) is 3.96. The number of phenolic OH excluding ortho intramolecular Hbond substituents is 1. The van der Waals surface area contributed by atoms with Crippen molar-refractivity contribution in [1.82, 2.24) is 15.2 Å². The van der Waals surface area contributed by atoms with Crippen LogP contribution in [0.2, 0.25) is 0 Å². The summed E-state index contributed by atoms with van der Waals surface area (Å²) in [6.07, 6.45) is 0. The SMILES string of the molecule is Cc1ccc(-c2n[nH]c3c(O)[nH]c(-c4cccc(O)c4)c23)cc1. The fourth-order valence-electron chi connectivity index (χ4n) is 2.80. The highest BCUT2D eigenvalue weighted by Gasteiger charge is 2.19. The molecule has 0 atom stereocenters. The Morgan fingerprint density at radius 1 is 0.957 bits per heavy atom. The smallest absolute Gasteiger partial charge is 0.215 e. The van der Waals surface area contributed by atoms with Crippen molar-refractivity contribution < 1.29 is 10.2 Å². The number of nitrogens with zero attached hydrogens (tertiary/aromatic N) is 1. The quantitative estimate of drug-likeness (QED) is 0.452. The monoisotopic (exact) mass is 305 g/mol. The molecule has 0 amide bonds. The van der Waals surface area contributed by atoms with Crippen molar-refractivity contribution in [3.8, 4) is 34.1 Å². The summed E-state index contributed by atoms with van der Waals surface area (Å²) in [6, 6.07) is 14.9. The van der Waals surface area contributed by atoms with Gasteiger partial charge in [-0.3, -0.25) is 5.10 Å². The topological polar surface area (TPSA) is 84.9 Å². The molecule has 0 saturated heterocycles. The molecule has 23 heavy (non-hydrogen) atoms. The molecule has 0 unspecified atom stereocenters. The first-order valence-electron chi connectivity index (χ1n) is 7.29. The van der Waals surface area contributed by atoms with Crippen LogP contribution in [0.5, 0.6) is 11.6 Å². The summed E-state index contributed by atoms with van der Waals surface area (Å²) in [4.78, 5) is 2.97. The predicted molar refractivity (Wildman–Crippen MR) is 89.4 cm³/mol. The van der Waals surface area contributed by atoms with Crippen LogP contribution in [-0.2, 0) is 0 Å². The fourth-order valence-corrected chi connectivity index (χ4v) is 2.80. The van der Waals surface area contributed by atoms with Crippen LogP contribution in [0.25, 0.3) is 33.4 Å². The number of aromatic nitrogens is 3. The van der Waals surface area contributed by atoms with E-state index in [1.165, 1.54) is 5.56 Å². The van der Waals surface area contributed by atoms with Crippen molar-refractivity contribution in [2.45, 2.75) is 6.92 Å². The van der Waals surface area contributed by atoms with Gasteiger partial charge in [-0.15, -0.1) is 0 Å². The molecule has 114 valence electrons. The van der Waals surface area contributed by atoms with E-state index >= 15 is 0 Å². The van der Waals surface area contributed by atoms with E-state index in [4.69, 9.17) is 0 Å². The third-order valence-corrected chi connectivity index (χ3v) is 3.96. The number of fused-ring (bicyclic) bond motifs is 1. The van der Waals surface area contributed by atoms with Crippen LogP contribution >= 0.6 is 0 Å². The van der Waals surface area contributed by atoms with Crippen LogP contribution in [0.15, 0.2) is 48.5 Å². The Kier molecular flexibility index (Phi) is 2.87. The van der Waals surface area contributed by atoms with Gasteiger partial charge in [-0.25, -0.2) is 0 Å². The number of phenols is 1. The van der Waals surface area contributed by atoms with Gasteiger partial charge < -0.3 is 15.2 Å². The molecule has 0 radical (unpaired) electrons. The summed E-state index contributed by atoms with van der Waals surface area (Å²) in [5.74, 6) is 0.203. The van der Waals surface area contributed by atoms with Crippen molar-refractivity contribution in [3.05, 3.63) is 54.1 Å². The first kappa shape index (κ1) is 13.5. The lowest BCUT2D eigenvalue weighted by atomic mass is 10.0. The highest BCUT2D eigenvalue weighted by Crippen LogP contribution is 2.39. The van der Waals surface area contributed by atoms with Gasteiger partial charge in [-0.2, -0.15) is 5.10 Å². The van der Waals surface area contributed by atoms with Crippen molar-refractivity contribution in [2.24, 2.45) is 0 Å². The average molecular weight is 305 g/mol. The predicted octanol–water partition coefficient (Wildman–Crippen LogP) is 3.94. The maximum atomic E-state index is 10.1. The minimum Gasteiger partial charge on any atom is -0.508 e. The van der Waals surface area contributed by atoms with E-state index in [9.17, 15) is 10.2 Å². The number of aromatic amines is 2. The number of hydrogen-bond donors (Lipinski definition) is 4. The van der Waals surface area contributed by atoms with Crippen LogP contribution in [0.1, 0.15) is 5.56 Å². The Bertz CT molecular complexity index is 997. The van der Waals surface area contributed by atoms with E-state index in [1.807, 2.05) is 37.3 Å². The van der Waals surface area contributed by atoms with Gasteiger partial charge in [0, 0.05) is 11.1 Å². The van der Waals surface area contributed by atoms with Crippen LogP contribution in [0, 0.1) is 6.92 Å². The molecule has 0 aliphatic rings. The second-order valence-corrected chi connectivity index (χ2v) is 5.59. The Morgan fingerprint density at radius 2 is 1.74 bits per heavy atom. The third kappa shape index (κ3) is 2.14. The Morgan fingerprint density at radius 3 is 2.48 bits per heavy atom. The van der Waals surface area contributed by atoms with Gasteiger partial charge in [0.25, 0.3) is 0 Å². The van der Waals surface area contributed by atoms with Gasteiger partial charge in [0.15, 0.2) is 0 Å². The fraction of sp³-hybridized carbons (Fsp3) is 0.0556. The summed E-state index contributed by atoms with van der Waals surface area (Å²) in [5.41, 5.74) is 4.95. The van der Waals surface area contributed by atoms with E-state index in [-0.39, 0.29) is 11.6 Å². The van der Waals surface area contributed by atoms with E-state index in [1.54, 1.807) is 18.2 Å². The standard InChI is InChI=1S/C18H15N3O2/c1-10-5-7-11(8-6-10)16-14-15(12-3-2-4-13(22)9-12)19-18(23)17(14)21-20-16/h2-9,19,21-23H,1H3. The van der Waals surface area contributed by atoms with E-state index in [0.29, 0.717) is 5.52 Å². The zero-order chi connectivity index (χ0) is 16.0. The van der Waals surface area contributed by atoms with Crippen molar-refractivity contribution >= 4 is 10.9 Å². The van der Waals surface area contributed by atoms with Gasteiger partial charge in [0.05, 0.1) is 11.1 Å². The maximum Gasteiger partial charge on any atom is 0.215 e. The lowest BCUT2D eigenvalue weighted by Crippen LogP contribution is -1.83. The van der Waals surface area contributed by atoms with E-state index in [2.05, 4.69) is 15.2 Å². The maximum absolute atomic E-state index is 10.1. The van der Waals surface area contributed by atoms with E-state index < -0.39 is 0 Å². The lowest BCUT2D eigenvalue weighted by Gasteiger charge is -2.03. The molecule has 2 heterocycles. The molecule has 5 heteroatoms. The molecule has 0 bridgehead atoms. The lowest BCUT2D eigenvalue weighted by molar-refractivity contribution is 0.461. The second-order valence-electron chi connectivity index (χ2n) is 5.59.